The van der Waals surface area contributed by atoms with Gasteiger partial charge < -0.3 is 10.1 Å². The molecule has 7 heteroatoms. The Morgan fingerprint density at radius 2 is 1.71 bits per heavy atom. The lowest BCUT2D eigenvalue weighted by Gasteiger charge is -2.17. The Morgan fingerprint density at radius 1 is 0.935 bits per heavy atom. The Balaban J connectivity index is 1.33. The summed E-state index contributed by atoms with van der Waals surface area (Å²) in [7, 11) is -3.27. The summed E-state index contributed by atoms with van der Waals surface area (Å²) < 4.78 is 31.4. The van der Waals surface area contributed by atoms with Crippen molar-refractivity contribution >= 4 is 21.6 Å². The largest absolute Gasteiger partial charge is 0.489 e. The molecule has 0 saturated carbocycles. The van der Waals surface area contributed by atoms with Crippen molar-refractivity contribution in [1.82, 2.24) is 5.32 Å². The van der Waals surface area contributed by atoms with Crippen molar-refractivity contribution in [3.63, 3.8) is 0 Å². The van der Waals surface area contributed by atoms with E-state index >= 15 is 0 Å². The van der Waals surface area contributed by atoms with Gasteiger partial charge in [-0.05, 0) is 47.9 Å². The maximum atomic E-state index is 12.6. The van der Waals surface area contributed by atoms with Crippen LogP contribution in [0.1, 0.15) is 27.9 Å². The van der Waals surface area contributed by atoms with E-state index in [0.29, 0.717) is 37.4 Å². The summed E-state index contributed by atoms with van der Waals surface area (Å²) in [5.41, 5.74) is 3.01. The van der Waals surface area contributed by atoms with E-state index in [0.717, 1.165) is 16.9 Å². The predicted molar refractivity (Wildman–Crippen MR) is 121 cm³/mol. The summed E-state index contributed by atoms with van der Waals surface area (Å²) in [6.45, 7) is 1.32. The Labute approximate surface area is 182 Å². The fourth-order valence-corrected chi connectivity index (χ4v) is 5.02. The quantitative estimate of drug-likeness (QED) is 0.612. The summed E-state index contributed by atoms with van der Waals surface area (Å²) in [6.07, 6.45) is 0.601. The number of benzene rings is 3. The molecule has 0 bridgehead atoms. The van der Waals surface area contributed by atoms with Gasteiger partial charge in [-0.1, -0.05) is 48.5 Å². The van der Waals surface area contributed by atoms with Crippen LogP contribution in [0.15, 0.2) is 78.9 Å². The van der Waals surface area contributed by atoms with Crippen LogP contribution in [0.25, 0.3) is 0 Å². The van der Waals surface area contributed by atoms with Gasteiger partial charge in [-0.25, -0.2) is 8.42 Å². The number of sulfonamides is 1. The van der Waals surface area contributed by atoms with Crippen molar-refractivity contribution in [3.8, 4) is 5.75 Å². The van der Waals surface area contributed by atoms with E-state index in [-0.39, 0.29) is 11.7 Å². The second kappa shape index (κ2) is 9.22. The number of nitrogens with zero attached hydrogens (tertiary/aromatic N) is 1. The number of hydrogen-bond acceptors (Lipinski definition) is 4. The highest BCUT2D eigenvalue weighted by Crippen LogP contribution is 2.24. The van der Waals surface area contributed by atoms with Gasteiger partial charge in [0.1, 0.15) is 12.4 Å². The van der Waals surface area contributed by atoms with Crippen molar-refractivity contribution in [1.29, 1.82) is 0 Å². The third kappa shape index (κ3) is 5.24. The average molecular weight is 437 g/mol. The van der Waals surface area contributed by atoms with Gasteiger partial charge in [-0.3, -0.25) is 9.10 Å². The molecule has 1 amide bonds. The van der Waals surface area contributed by atoms with Gasteiger partial charge in [0.15, 0.2) is 0 Å². The number of carbonyl (C=O) groups is 1. The minimum Gasteiger partial charge on any atom is -0.489 e. The first-order valence-electron chi connectivity index (χ1n) is 10.2. The number of ether oxygens (including phenoxy) is 1. The van der Waals surface area contributed by atoms with Gasteiger partial charge in [0.2, 0.25) is 10.0 Å². The predicted octanol–water partition coefficient (Wildman–Crippen LogP) is 3.74. The smallest absolute Gasteiger partial charge is 0.251 e. The van der Waals surface area contributed by atoms with Crippen LogP contribution in [-0.2, 0) is 23.2 Å². The molecule has 6 nitrogen and oxygen atoms in total. The summed E-state index contributed by atoms with van der Waals surface area (Å²) >= 11 is 0. The van der Waals surface area contributed by atoms with E-state index < -0.39 is 10.0 Å². The standard InChI is InChI=1S/C24H24N2O4S/c27-24(21-8-4-9-22(16-21)26-14-5-15-31(26,28)29)25-17-19-10-12-23(13-11-19)30-18-20-6-2-1-3-7-20/h1-4,6-13,16H,5,14-15,17-18H2,(H,25,27). The number of anilines is 1. The van der Waals surface area contributed by atoms with E-state index in [9.17, 15) is 13.2 Å². The molecule has 0 unspecified atom stereocenters. The van der Waals surface area contributed by atoms with E-state index in [1.807, 2.05) is 54.6 Å². The van der Waals surface area contributed by atoms with E-state index in [1.54, 1.807) is 24.3 Å². The van der Waals surface area contributed by atoms with Gasteiger partial charge in [-0.15, -0.1) is 0 Å². The molecule has 160 valence electrons. The zero-order valence-electron chi connectivity index (χ0n) is 17.0. The fraction of sp³-hybridized carbons (Fsp3) is 0.208. The van der Waals surface area contributed by atoms with Crippen molar-refractivity contribution in [2.24, 2.45) is 0 Å². The minimum absolute atomic E-state index is 0.147. The lowest BCUT2D eigenvalue weighted by atomic mass is 10.1. The first-order chi connectivity index (χ1) is 15.0. The number of rotatable bonds is 7. The molecule has 1 aliphatic heterocycles. The highest BCUT2D eigenvalue weighted by Gasteiger charge is 2.28. The monoisotopic (exact) mass is 436 g/mol. The Morgan fingerprint density at radius 3 is 2.42 bits per heavy atom. The van der Waals surface area contributed by atoms with Crippen LogP contribution in [0.4, 0.5) is 5.69 Å². The SMILES string of the molecule is O=C(NCc1ccc(OCc2ccccc2)cc1)c1cccc(N2CCCS2(=O)=O)c1. The molecule has 0 aliphatic carbocycles. The normalized spacial score (nSPS) is 14.9. The lowest BCUT2D eigenvalue weighted by Crippen LogP contribution is -2.26. The Kier molecular flexibility index (Phi) is 6.23. The molecule has 1 N–H and O–H groups in total. The summed E-state index contributed by atoms with van der Waals surface area (Å²) in [5, 5.41) is 2.88. The van der Waals surface area contributed by atoms with Crippen LogP contribution in [0.5, 0.6) is 5.75 Å². The first kappa shape index (κ1) is 20.9. The van der Waals surface area contributed by atoms with Crippen molar-refractivity contribution < 1.29 is 17.9 Å². The van der Waals surface area contributed by atoms with Gasteiger partial charge in [0.25, 0.3) is 5.91 Å². The molecule has 0 radical (unpaired) electrons. The van der Waals surface area contributed by atoms with E-state index in [4.69, 9.17) is 4.74 Å². The maximum Gasteiger partial charge on any atom is 0.251 e. The number of carbonyl (C=O) groups excluding carboxylic acids is 1. The molecule has 1 saturated heterocycles. The number of nitrogens with one attached hydrogen (secondary N) is 1. The van der Waals surface area contributed by atoms with Gasteiger partial charge >= 0.3 is 0 Å². The molecule has 1 heterocycles. The van der Waals surface area contributed by atoms with Crippen molar-refractivity contribution in [2.45, 2.75) is 19.6 Å². The molecular formula is C24H24N2O4S. The number of hydrogen-bond donors (Lipinski definition) is 1. The van der Waals surface area contributed by atoms with Gasteiger partial charge in [-0.2, -0.15) is 0 Å². The van der Waals surface area contributed by atoms with Crippen LogP contribution in [-0.4, -0.2) is 26.6 Å². The summed E-state index contributed by atoms with van der Waals surface area (Å²) in [4.78, 5) is 12.6. The molecule has 1 aliphatic rings. The van der Waals surface area contributed by atoms with Crippen LogP contribution < -0.4 is 14.4 Å². The molecule has 0 spiro atoms. The summed E-state index contributed by atoms with van der Waals surface area (Å²) in [6, 6.07) is 24.3. The molecule has 3 aromatic rings. The average Bonchev–Trinajstić information content (AvgIpc) is 3.16. The van der Waals surface area contributed by atoms with Crippen molar-refractivity contribution in [2.75, 3.05) is 16.6 Å². The zero-order valence-corrected chi connectivity index (χ0v) is 17.8. The lowest BCUT2D eigenvalue weighted by molar-refractivity contribution is 0.0951. The first-order valence-corrected chi connectivity index (χ1v) is 11.8. The molecule has 4 rings (SSSR count). The van der Waals surface area contributed by atoms with E-state index in [2.05, 4.69) is 5.32 Å². The Bertz CT molecular complexity index is 1150. The van der Waals surface area contributed by atoms with Crippen molar-refractivity contribution in [3.05, 3.63) is 95.6 Å². The molecule has 0 aromatic heterocycles. The maximum absolute atomic E-state index is 12.6. The van der Waals surface area contributed by atoms with Crippen LogP contribution in [0.3, 0.4) is 0 Å². The highest BCUT2D eigenvalue weighted by atomic mass is 32.2. The number of amides is 1. The van der Waals surface area contributed by atoms with Gasteiger partial charge in [0, 0.05) is 18.7 Å². The second-order valence-corrected chi connectivity index (χ2v) is 9.41. The van der Waals surface area contributed by atoms with Crippen LogP contribution in [0.2, 0.25) is 0 Å². The molecule has 3 aromatic carbocycles. The highest BCUT2D eigenvalue weighted by molar-refractivity contribution is 7.93. The zero-order chi connectivity index (χ0) is 21.7. The molecule has 31 heavy (non-hydrogen) atoms. The fourth-order valence-electron chi connectivity index (χ4n) is 3.46. The second-order valence-electron chi connectivity index (χ2n) is 7.39. The third-order valence-corrected chi connectivity index (χ3v) is 6.99. The third-order valence-electron chi connectivity index (χ3n) is 5.12. The topological polar surface area (TPSA) is 75.7 Å². The van der Waals surface area contributed by atoms with E-state index in [1.165, 1.54) is 4.31 Å². The van der Waals surface area contributed by atoms with Crippen LogP contribution >= 0.6 is 0 Å². The van der Waals surface area contributed by atoms with Gasteiger partial charge in [0.05, 0.1) is 11.4 Å². The molecular weight excluding hydrogens is 412 g/mol. The molecule has 1 fully saturated rings. The minimum atomic E-state index is -3.27. The van der Waals surface area contributed by atoms with Crippen LogP contribution in [0, 0.1) is 0 Å². The molecule has 0 atom stereocenters. The Hall–Kier alpha value is -3.32. The summed E-state index contributed by atoms with van der Waals surface area (Å²) in [5.74, 6) is 0.662.